The van der Waals surface area contributed by atoms with E-state index in [1.165, 1.54) is 0 Å². The van der Waals surface area contributed by atoms with Crippen molar-refractivity contribution in [2.24, 2.45) is 5.73 Å². The molecule has 1 heterocycles. The van der Waals surface area contributed by atoms with Gasteiger partial charge in [-0.25, -0.2) is 4.98 Å². The number of aromatic amines is 1. The number of nitrogens with one attached hydrogen (secondary N) is 2. The third-order valence-corrected chi connectivity index (χ3v) is 2.51. The van der Waals surface area contributed by atoms with Crippen molar-refractivity contribution in [1.82, 2.24) is 9.97 Å². The minimum absolute atomic E-state index is 0.222. The quantitative estimate of drug-likeness (QED) is 0.699. The van der Waals surface area contributed by atoms with Gasteiger partial charge in [-0.1, -0.05) is 0 Å². The largest absolute Gasteiger partial charge is 0.493 e. The lowest BCUT2D eigenvalue weighted by atomic mass is 10.3. The molecule has 0 bridgehead atoms. The second-order valence-electron chi connectivity index (χ2n) is 4.02. The Morgan fingerprint density at radius 3 is 2.79 bits per heavy atom. The third-order valence-electron chi connectivity index (χ3n) is 2.51. The van der Waals surface area contributed by atoms with Gasteiger partial charge in [-0.15, -0.1) is 0 Å². The highest BCUT2D eigenvalue weighted by molar-refractivity contribution is 5.73. The summed E-state index contributed by atoms with van der Waals surface area (Å²) in [5.41, 5.74) is 7.03. The Morgan fingerprint density at radius 2 is 2.16 bits per heavy atom. The maximum atomic E-state index is 10.6. The van der Waals surface area contributed by atoms with Crippen LogP contribution in [-0.2, 0) is 11.3 Å². The molecule has 6 heteroatoms. The lowest BCUT2D eigenvalue weighted by Gasteiger charge is -2.07. The Balaban J connectivity index is 1.79. The molecular formula is C13H16N4O2. The molecule has 1 amide bonds. The first-order valence-corrected chi connectivity index (χ1v) is 5.96. The number of carbonyl (C=O) groups is 1. The molecular weight excluding hydrogens is 244 g/mol. The second kappa shape index (κ2) is 6.44. The molecule has 0 aliphatic carbocycles. The van der Waals surface area contributed by atoms with Gasteiger partial charge in [0.2, 0.25) is 5.91 Å². The number of nitrogens with zero attached hydrogens (tertiary/aromatic N) is 1. The first kappa shape index (κ1) is 12.9. The lowest BCUT2D eigenvalue weighted by Crippen LogP contribution is -2.14. The molecule has 0 saturated carbocycles. The van der Waals surface area contributed by atoms with Crippen LogP contribution in [0.25, 0.3) is 0 Å². The highest BCUT2D eigenvalue weighted by Crippen LogP contribution is 2.16. The number of benzene rings is 1. The van der Waals surface area contributed by atoms with E-state index >= 15 is 0 Å². The Bertz CT molecular complexity index is 508. The van der Waals surface area contributed by atoms with Crippen molar-refractivity contribution >= 4 is 11.6 Å². The van der Waals surface area contributed by atoms with Crippen molar-refractivity contribution in [3.63, 3.8) is 0 Å². The number of hydrogen-bond acceptors (Lipinski definition) is 4. The second-order valence-corrected chi connectivity index (χ2v) is 4.02. The van der Waals surface area contributed by atoms with Gasteiger partial charge in [0.1, 0.15) is 5.75 Å². The summed E-state index contributed by atoms with van der Waals surface area (Å²) in [7, 11) is 0. The number of carbonyl (C=O) groups excluding carboxylic acids is 1. The Hall–Kier alpha value is -2.50. The zero-order chi connectivity index (χ0) is 13.5. The van der Waals surface area contributed by atoms with Crippen LogP contribution in [0.3, 0.4) is 0 Å². The first-order valence-electron chi connectivity index (χ1n) is 5.96. The van der Waals surface area contributed by atoms with Gasteiger partial charge in [-0.3, -0.25) is 4.79 Å². The molecule has 0 fully saturated rings. The van der Waals surface area contributed by atoms with Crippen LogP contribution in [0.5, 0.6) is 5.75 Å². The van der Waals surface area contributed by atoms with E-state index in [-0.39, 0.29) is 12.3 Å². The van der Waals surface area contributed by atoms with Crippen LogP contribution in [0.2, 0.25) is 0 Å². The average Bonchev–Trinajstić information content (AvgIpc) is 2.90. The number of hydrogen-bond donors (Lipinski definition) is 3. The molecule has 1 aromatic carbocycles. The van der Waals surface area contributed by atoms with Gasteiger partial charge in [-0.05, 0) is 24.3 Å². The van der Waals surface area contributed by atoms with E-state index in [2.05, 4.69) is 15.3 Å². The number of nitrogens with two attached hydrogens (primary N) is 1. The summed E-state index contributed by atoms with van der Waals surface area (Å²) in [6.07, 6.45) is 3.64. The summed E-state index contributed by atoms with van der Waals surface area (Å²) >= 11 is 0. The van der Waals surface area contributed by atoms with Crippen LogP contribution < -0.4 is 15.8 Å². The monoisotopic (exact) mass is 260 g/mol. The van der Waals surface area contributed by atoms with Crippen molar-refractivity contribution < 1.29 is 9.53 Å². The summed E-state index contributed by atoms with van der Waals surface area (Å²) in [6, 6.07) is 7.51. The maximum absolute atomic E-state index is 10.6. The molecule has 19 heavy (non-hydrogen) atoms. The SMILES string of the molecule is NC(=O)CCOc1ccc(NCc2cnc[nH]2)cc1. The van der Waals surface area contributed by atoms with Crippen LogP contribution in [0, 0.1) is 0 Å². The number of primary amides is 1. The third kappa shape index (κ3) is 4.34. The van der Waals surface area contributed by atoms with Gasteiger partial charge in [0.25, 0.3) is 0 Å². The number of amides is 1. The summed E-state index contributed by atoms with van der Waals surface area (Å²) in [5.74, 6) is 0.353. The lowest BCUT2D eigenvalue weighted by molar-refractivity contribution is -0.118. The number of ether oxygens (including phenoxy) is 1. The van der Waals surface area contributed by atoms with E-state index in [9.17, 15) is 4.79 Å². The number of aromatic nitrogens is 2. The van der Waals surface area contributed by atoms with Crippen molar-refractivity contribution in [1.29, 1.82) is 0 Å². The first-order chi connectivity index (χ1) is 9.24. The van der Waals surface area contributed by atoms with Crippen LogP contribution in [0.1, 0.15) is 12.1 Å². The van der Waals surface area contributed by atoms with Crippen molar-refractivity contribution in [3.8, 4) is 5.75 Å². The molecule has 2 rings (SSSR count). The molecule has 0 aliphatic rings. The molecule has 0 saturated heterocycles. The van der Waals surface area contributed by atoms with E-state index in [1.54, 1.807) is 12.5 Å². The normalized spacial score (nSPS) is 10.1. The smallest absolute Gasteiger partial charge is 0.220 e. The molecule has 0 atom stereocenters. The molecule has 0 unspecified atom stereocenters. The Labute approximate surface area is 111 Å². The van der Waals surface area contributed by atoms with E-state index in [0.717, 1.165) is 11.4 Å². The van der Waals surface area contributed by atoms with E-state index < -0.39 is 0 Å². The Morgan fingerprint density at radius 1 is 1.37 bits per heavy atom. The zero-order valence-electron chi connectivity index (χ0n) is 10.4. The van der Waals surface area contributed by atoms with Crippen molar-refractivity contribution in [2.75, 3.05) is 11.9 Å². The van der Waals surface area contributed by atoms with Crippen LogP contribution in [-0.4, -0.2) is 22.5 Å². The summed E-state index contributed by atoms with van der Waals surface area (Å²) < 4.78 is 5.38. The molecule has 2 aromatic rings. The Kier molecular flexibility index (Phi) is 4.39. The summed E-state index contributed by atoms with van der Waals surface area (Å²) in [6.45, 7) is 0.984. The topological polar surface area (TPSA) is 93.0 Å². The maximum Gasteiger partial charge on any atom is 0.220 e. The molecule has 0 aliphatic heterocycles. The van der Waals surface area contributed by atoms with E-state index in [1.807, 2.05) is 24.3 Å². The van der Waals surface area contributed by atoms with Crippen LogP contribution >= 0.6 is 0 Å². The highest BCUT2D eigenvalue weighted by Gasteiger charge is 1.98. The fourth-order valence-corrected chi connectivity index (χ4v) is 1.52. The zero-order valence-corrected chi connectivity index (χ0v) is 10.4. The molecule has 100 valence electrons. The van der Waals surface area contributed by atoms with Gasteiger partial charge >= 0.3 is 0 Å². The average molecular weight is 260 g/mol. The molecule has 0 spiro atoms. The standard InChI is InChI=1S/C13H16N4O2/c14-13(18)5-6-19-12-3-1-10(2-4-12)16-8-11-7-15-9-17-11/h1-4,7,9,16H,5-6,8H2,(H2,14,18)(H,15,17). The van der Waals surface area contributed by atoms with Gasteiger partial charge in [0, 0.05) is 11.9 Å². The summed E-state index contributed by atoms with van der Waals surface area (Å²) in [4.78, 5) is 17.5. The van der Waals surface area contributed by atoms with Crippen molar-refractivity contribution in [3.05, 3.63) is 42.5 Å². The fourth-order valence-electron chi connectivity index (χ4n) is 1.52. The molecule has 6 nitrogen and oxygen atoms in total. The predicted octanol–water partition coefficient (Wildman–Crippen LogP) is 1.28. The minimum atomic E-state index is -0.363. The number of H-pyrrole nitrogens is 1. The minimum Gasteiger partial charge on any atom is -0.493 e. The molecule has 4 N–H and O–H groups in total. The van der Waals surface area contributed by atoms with E-state index in [4.69, 9.17) is 10.5 Å². The fraction of sp³-hybridized carbons (Fsp3) is 0.231. The van der Waals surface area contributed by atoms with Gasteiger partial charge in [0.15, 0.2) is 0 Å². The van der Waals surface area contributed by atoms with Gasteiger partial charge < -0.3 is 20.8 Å². The van der Waals surface area contributed by atoms with Gasteiger partial charge in [0.05, 0.1) is 31.6 Å². The molecule has 0 radical (unpaired) electrons. The van der Waals surface area contributed by atoms with Crippen LogP contribution in [0.4, 0.5) is 5.69 Å². The van der Waals surface area contributed by atoms with Crippen LogP contribution in [0.15, 0.2) is 36.8 Å². The van der Waals surface area contributed by atoms with Crippen molar-refractivity contribution in [2.45, 2.75) is 13.0 Å². The number of rotatable bonds is 7. The number of imidazole rings is 1. The van der Waals surface area contributed by atoms with E-state index in [0.29, 0.717) is 18.9 Å². The summed E-state index contributed by atoms with van der Waals surface area (Å²) in [5, 5.41) is 3.25. The highest BCUT2D eigenvalue weighted by atomic mass is 16.5. The predicted molar refractivity (Wildman–Crippen MR) is 71.7 cm³/mol. The van der Waals surface area contributed by atoms with Gasteiger partial charge in [-0.2, -0.15) is 0 Å². The molecule has 1 aromatic heterocycles. The number of anilines is 1.